The van der Waals surface area contributed by atoms with Crippen molar-refractivity contribution in [3.8, 4) is 0 Å². The van der Waals surface area contributed by atoms with Gasteiger partial charge in [0, 0.05) is 23.6 Å². The van der Waals surface area contributed by atoms with E-state index in [0.717, 1.165) is 5.56 Å². The summed E-state index contributed by atoms with van der Waals surface area (Å²) >= 11 is 12.1. The van der Waals surface area contributed by atoms with E-state index < -0.39 is 11.9 Å². The molecule has 2 rings (SSSR count). The van der Waals surface area contributed by atoms with Gasteiger partial charge in [0.1, 0.15) is 6.04 Å². The molecule has 134 valence electrons. The average Bonchev–Trinajstić information content (AvgIpc) is 3.08. The Kier molecular flexibility index (Phi) is 6.51. The van der Waals surface area contributed by atoms with Crippen LogP contribution in [0.5, 0.6) is 0 Å². The van der Waals surface area contributed by atoms with Crippen LogP contribution in [0.4, 0.5) is 0 Å². The number of carbonyl (C=O) groups is 2. The fourth-order valence-electron chi connectivity index (χ4n) is 2.35. The maximum Gasteiger partial charge on any atom is 0.287 e. The molecule has 0 aliphatic heterocycles. The van der Waals surface area contributed by atoms with E-state index in [1.165, 1.54) is 11.2 Å². The van der Waals surface area contributed by atoms with Crippen LogP contribution in [0, 0.1) is 5.92 Å². The third kappa shape index (κ3) is 5.00. The summed E-state index contributed by atoms with van der Waals surface area (Å²) in [4.78, 5) is 26.5. The van der Waals surface area contributed by atoms with Crippen molar-refractivity contribution < 1.29 is 14.0 Å². The lowest BCUT2D eigenvalue weighted by Crippen LogP contribution is -2.50. The van der Waals surface area contributed by atoms with Crippen molar-refractivity contribution in [1.82, 2.24) is 10.2 Å². The predicted octanol–water partition coefficient (Wildman–Crippen LogP) is 4.00. The first kappa shape index (κ1) is 19.3. The highest BCUT2D eigenvalue weighted by Gasteiger charge is 2.28. The number of likely N-dealkylation sites (N-methyl/N-ethyl adjacent to an activating group) is 1. The van der Waals surface area contributed by atoms with Gasteiger partial charge in [0.25, 0.3) is 5.91 Å². The Morgan fingerprint density at radius 2 is 1.96 bits per heavy atom. The molecule has 0 fully saturated rings. The molecule has 2 aromatic rings. The normalized spacial score (nSPS) is 12.1. The molecule has 25 heavy (non-hydrogen) atoms. The highest BCUT2D eigenvalue weighted by Crippen LogP contribution is 2.22. The molecule has 1 N–H and O–H groups in total. The van der Waals surface area contributed by atoms with Crippen molar-refractivity contribution in [2.45, 2.75) is 26.4 Å². The van der Waals surface area contributed by atoms with Gasteiger partial charge < -0.3 is 14.6 Å². The monoisotopic (exact) mass is 382 g/mol. The highest BCUT2D eigenvalue weighted by atomic mass is 35.5. The Morgan fingerprint density at radius 1 is 1.24 bits per heavy atom. The van der Waals surface area contributed by atoms with Crippen molar-refractivity contribution in [1.29, 1.82) is 0 Å². The van der Waals surface area contributed by atoms with Crippen molar-refractivity contribution >= 4 is 35.0 Å². The summed E-state index contributed by atoms with van der Waals surface area (Å²) in [7, 11) is 1.67. The van der Waals surface area contributed by atoms with Crippen LogP contribution in [0.2, 0.25) is 10.0 Å². The molecule has 5 nitrogen and oxygen atoms in total. The molecule has 1 aromatic heterocycles. The van der Waals surface area contributed by atoms with Crippen LogP contribution >= 0.6 is 23.2 Å². The van der Waals surface area contributed by atoms with E-state index in [0.29, 0.717) is 16.6 Å². The molecule has 7 heteroatoms. The van der Waals surface area contributed by atoms with Crippen LogP contribution in [-0.2, 0) is 11.3 Å². The summed E-state index contributed by atoms with van der Waals surface area (Å²) in [5.74, 6) is -0.549. The molecular weight excluding hydrogens is 363 g/mol. The summed E-state index contributed by atoms with van der Waals surface area (Å²) in [6.45, 7) is 4.05. The van der Waals surface area contributed by atoms with Gasteiger partial charge in [0.2, 0.25) is 5.91 Å². The first-order chi connectivity index (χ1) is 11.8. The van der Waals surface area contributed by atoms with Crippen LogP contribution in [0.25, 0.3) is 0 Å². The summed E-state index contributed by atoms with van der Waals surface area (Å²) < 4.78 is 5.07. The topological polar surface area (TPSA) is 62.6 Å². The first-order valence-electron chi connectivity index (χ1n) is 7.83. The Hall–Kier alpha value is -1.98. The van der Waals surface area contributed by atoms with Crippen LogP contribution < -0.4 is 5.32 Å². The third-order valence-electron chi connectivity index (χ3n) is 3.76. The molecule has 0 aliphatic carbocycles. The molecule has 1 heterocycles. The second-order valence-corrected chi connectivity index (χ2v) is 6.95. The van der Waals surface area contributed by atoms with Gasteiger partial charge in [-0.05, 0) is 35.7 Å². The smallest absolute Gasteiger partial charge is 0.287 e. The van der Waals surface area contributed by atoms with Crippen molar-refractivity contribution in [2.24, 2.45) is 5.92 Å². The van der Waals surface area contributed by atoms with Gasteiger partial charge in [-0.15, -0.1) is 0 Å². The van der Waals surface area contributed by atoms with Crippen LogP contribution in [0.15, 0.2) is 41.0 Å². The number of carbonyl (C=O) groups excluding carboxylic acids is 2. The molecule has 1 atom stereocenters. The lowest BCUT2D eigenvalue weighted by molar-refractivity contribution is -0.133. The van der Waals surface area contributed by atoms with Gasteiger partial charge in [0.05, 0.1) is 6.26 Å². The fourth-order valence-corrected chi connectivity index (χ4v) is 2.82. The molecule has 1 aromatic carbocycles. The Labute approximate surface area is 156 Å². The van der Waals surface area contributed by atoms with Crippen molar-refractivity contribution in [3.05, 3.63) is 58.0 Å². The van der Waals surface area contributed by atoms with Gasteiger partial charge in [0.15, 0.2) is 5.76 Å². The zero-order chi connectivity index (χ0) is 18.6. The third-order valence-corrected chi connectivity index (χ3v) is 4.35. The molecular formula is C18H20Cl2N2O3. The molecule has 0 bridgehead atoms. The van der Waals surface area contributed by atoms with E-state index >= 15 is 0 Å². The number of rotatable bonds is 6. The summed E-state index contributed by atoms with van der Waals surface area (Å²) in [5.41, 5.74) is 0.779. The molecule has 0 unspecified atom stereocenters. The SMILES string of the molecule is CC(C)[C@@H](NC(=O)c1ccco1)C(=O)N(C)Cc1ccc(Cl)cc1Cl. The second kappa shape index (κ2) is 8.41. The van der Waals surface area contributed by atoms with E-state index in [1.807, 2.05) is 13.8 Å². The number of furan rings is 1. The first-order valence-corrected chi connectivity index (χ1v) is 8.58. The number of nitrogens with zero attached hydrogens (tertiary/aromatic N) is 1. The number of halogens is 2. The molecule has 0 spiro atoms. The lowest BCUT2D eigenvalue weighted by Gasteiger charge is -2.27. The largest absolute Gasteiger partial charge is 0.459 e. The van der Waals surface area contributed by atoms with E-state index in [-0.39, 0.29) is 17.6 Å². The van der Waals surface area contributed by atoms with Crippen molar-refractivity contribution in [2.75, 3.05) is 7.05 Å². The highest BCUT2D eigenvalue weighted by molar-refractivity contribution is 6.35. The standard InChI is InChI=1S/C18H20Cl2N2O3/c1-11(2)16(21-17(23)15-5-4-8-25-15)18(24)22(3)10-12-6-7-13(19)9-14(12)20/h4-9,11,16H,10H2,1-3H3,(H,21,23)/t16-/m1/s1. The van der Waals surface area contributed by atoms with Gasteiger partial charge in [-0.2, -0.15) is 0 Å². The molecule has 0 aliphatic rings. The minimum absolute atomic E-state index is 0.0884. The predicted molar refractivity (Wildman–Crippen MR) is 97.7 cm³/mol. The van der Waals surface area contributed by atoms with Gasteiger partial charge in [-0.25, -0.2) is 0 Å². The average molecular weight is 383 g/mol. The maximum atomic E-state index is 12.8. The van der Waals surface area contributed by atoms with Crippen LogP contribution in [0.1, 0.15) is 30.0 Å². The second-order valence-electron chi connectivity index (χ2n) is 6.10. The van der Waals surface area contributed by atoms with Crippen molar-refractivity contribution in [3.63, 3.8) is 0 Å². The maximum absolute atomic E-state index is 12.8. The van der Waals surface area contributed by atoms with Crippen LogP contribution in [-0.4, -0.2) is 29.8 Å². The Balaban J connectivity index is 2.09. The van der Waals surface area contributed by atoms with E-state index in [9.17, 15) is 9.59 Å². The molecule has 0 radical (unpaired) electrons. The van der Waals surface area contributed by atoms with E-state index in [2.05, 4.69) is 5.32 Å². The summed E-state index contributed by atoms with van der Waals surface area (Å²) in [6, 6.07) is 7.63. The lowest BCUT2D eigenvalue weighted by atomic mass is 10.0. The fraction of sp³-hybridized carbons (Fsp3) is 0.333. The zero-order valence-electron chi connectivity index (χ0n) is 14.3. The zero-order valence-corrected chi connectivity index (χ0v) is 15.8. The molecule has 2 amide bonds. The number of hydrogen-bond acceptors (Lipinski definition) is 3. The Morgan fingerprint density at radius 3 is 2.52 bits per heavy atom. The summed E-state index contributed by atoms with van der Waals surface area (Å²) in [6.07, 6.45) is 1.41. The minimum Gasteiger partial charge on any atom is -0.459 e. The minimum atomic E-state index is -0.673. The Bertz CT molecular complexity index is 745. The number of hydrogen-bond donors (Lipinski definition) is 1. The number of benzene rings is 1. The van der Waals surface area contributed by atoms with E-state index in [1.54, 1.807) is 37.4 Å². The van der Waals surface area contributed by atoms with Gasteiger partial charge >= 0.3 is 0 Å². The quantitative estimate of drug-likeness (QED) is 0.820. The van der Waals surface area contributed by atoms with Gasteiger partial charge in [-0.1, -0.05) is 43.1 Å². The summed E-state index contributed by atoms with van der Waals surface area (Å²) in [5, 5.41) is 3.76. The van der Waals surface area contributed by atoms with E-state index in [4.69, 9.17) is 27.6 Å². The molecule has 0 saturated heterocycles. The number of nitrogens with one attached hydrogen (secondary N) is 1. The molecule has 0 saturated carbocycles. The number of amides is 2. The van der Waals surface area contributed by atoms with Crippen LogP contribution in [0.3, 0.4) is 0 Å². The van der Waals surface area contributed by atoms with Gasteiger partial charge in [-0.3, -0.25) is 9.59 Å².